The Hall–Kier alpha value is -1.65. The molecule has 0 saturated heterocycles. The normalized spacial score (nSPS) is 14.7. The quantitative estimate of drug-likeness (QED) is 0.943. The van der Waals surface area contributed by atoms with E-state index < -0.39 is 21.1 Å². The van der Waals surface area contributed by atoms with Crippen LogP contribution in [0.3, 0.4) is 0 Å². The predicted octanol–water partition coefficient (Wildman–Crippen LogP) is 3.17. The van der Waals surface area contributed by atoms with Gasteiger partial charge in [-0.2, -0.15) is 0 Å². The summed E-state index contributed by atoms with van der Waals surface area (Å²) in [5.41, 5.74) is 9.16. The largest absolute Gasteiger partial charge is 0.323 e. The van der Waals surface area contributed by atoms with Crippen LogP contribution in [0, 0.1) is 13.8 Å². The lowest BCUT2D eigenvalue weighted by molar-refractivity contribution is 0.565. The van der Waals surface area contributed by atoms with Crippen LogP contribution in [0.4, 0.5) is 0 Å². The smallest absolute Gasteiger partial charge is 0.182 e. The molecule has 0 saturated carbocycles. The van der Waals surface area contributed by atoms with Crippen LogP contribution in [-0.4, -0.2) is 13.7 Å². The van der Waals surface area contributed by atoms with Gasteiger partial charge in [0, 0.05) is 6.04 Å². The van der Waals surface area contributed by atoms with E-state index in [-0.39, 0.29) is 0 Å². The Bertz CT molecular complexity index is 703. The summed E-state index contributed by atoms with van der Waals surface area (Å²) in [6.07, 6.45) is 0. The topological polar surface area (TPSA) is 60.2 Å². The van der Waals surface area contributed by atoms with Crippen LogP contribution < -0.4 is 5.73 Å². The number of sulfone groups is 1. The zero-order valence-corrected chi connectivity index (χ0v) is 13.4. The van der Waals surface area contributed by atoms with Crippen molar-refractivity contribution in [1.82, 2.24) is 0 Å². The molecule has 0 bridgehead atoms. The molecule has 0 aliphatic rings. The molecule has 2 N–H and O–H groups in total. The molecule has 4 heteroatoms. The van der Waals surface area contributed by atoms with E-state index in [1.807, 2.05) is 38.1 Å². The van der Waals surface area contributed by atoms with Crippen molar-refractivity contribution in [3.8, 4) is 0 Å². The molecule has 21 heavy (non-hydrogen) atoms. The second-order valence-corrected chi connectivity index (χ2v) is 7.80. The molecule has 0 spiro atoms. The summed E-state index contributed by atoms with van der Waals surface area (Å²) in [6, 6.07) is 14.0. The van der Waals surface area contributed by atoms with Gasteiger partial charge in [-0.3, -0.25) is 0 Å². The third-order valence-electron chi connectivity index (χ3n) is 3.81. The minimum Gasteiger partial charge on any atom is -0.323 e. The van der Waals surface area contributed by atoms with E-state index in [4.69, 9.17) is 5.73 Å². The summed E-state index contributed by atoms with van der Waals surface area (Å²) in [5, 5.41) is -0.678. The maximum absolute atomic E-state index is 12.6. The first-order valence-corrected chi connectivity index (χ1v) is 8.49. The van der Waals surface area contributed by atoms with Gasteiger partial charge in [-0.25, -0.2) is 8.42 Å². The van der Waals surface area contributed by atoms with Crippen molar-refractivity contribution in [2.24, 2.45) is 5.73 Å². The lowest BCUT2D eigenvalue weighted by atomic mass is 10.0. The Morgan fingerprint density at radius 2 is 1.29 bits per heavy atom. The van der Waals surface area contributed by atoms with E-state index in [1.165, 1.54) is 0 Å². The van der Waals surface area contributed by atoms with Crippen molar-refractivity contribution in [2.75, 3.05) is 0 Å². The zero-order valence-electron chi connectivity index (χ0n) is 12.6. The maximum atomic E-state index is 12.6. The minimum atomic E-state index is -3.44. The van der Waals surface area contributed by atoms with Crippen LogP contribution >= 0.6 is 0 Å². The first-order chi connectivity index (χ1) is 9.82. The number of hydrogen-bond donors (Lipinski definition) is 1. The summed E-state index contributed by atoms with van der Waals surface area (Å²) in [4.78, 5) is 0.322. The van der Waals surface area contributed by atoms with Gasteiger partial charge in [-0.05, 0) is 38.5 Å². The molecular weight excluding hydrogens is 282 g/mol. The molecule has 112 valence electrons. The summed E-state index contributed by atoms with van der Waals surface area (Å²) in [5.74, 6) is 0. The first kappa shape index (κ1) is 15.7. The molecular formula is C17H21NO2S. The number of rotatable bonds is 4. The number of aryl methyl sites for hydroxylation is 2. The fourth-order valence-electron chi connectivity index (χ4n) is 2.20. The van der Waals surface area contributed by atoms with E-state index in [9.17, 15) is 8.42 Å². The van der Waals surface area contributed by atoms with Crippen LogP contribution in [0.25, 0.3) is 0 Å². The van der Waals surface area contributed by atoms with Crippen LogP contribution in [0.2, 0.25) is 0 Å². The van der Waals surface area contributed by atoms with Crippen LogP contribution in [-0.2, 0) is 9.84 Å². The minimum absolute atomic E-state index is 0.322. The summed E-state index contributed by atoms with van der Waals surface area (Å²) >= 11 is 0. The highest BCUT2D eigenvalue weighted by Gasteiger charge is 2.29. The summed E-state index contributed by atoms with van der Waals surface area (Å²) in [7, 11) is -3.44. The molecule has 0 radical (unpaired) electrons. The molecule has 0 aliphatic carbocycles. The highest BCUT2D eigenvalue weighted by molar-refractivity contribution is 7.92. The van der Waals surface area contributed by atoms with E-state index in [1.54, 1.807) is 31.2 Å². The van der Waals surface area contributed by atoms with Gasteiger partial charge >= 0.3 is 0 Å². The van der Waals surface area contributed by atoms with Gasteiger partial charge in [0.15, 0.2) is 9.84 Å². The van der Waals surface area contributed by atoms with E-state index in [0.29, 0.717) is 4.90 Å². The highest BCUT2D eigenvalue weighted by Crippen LogP contribution is 2.25. The van der Waals surface area contributed by atoms with Crippen molar-refractivity contribution in [1.29, 1.82) is 0 Å². The number of benzene rings is 2. The first-order valence-electron chi connectivity index (χ1n) is 6.95. The van der Waals surface area contributed by atoms with Crippen LogP contribution in [0.15, 0.2) is 53.4 Å². The van der Waals surface area contributed by atoms with Crippen molar-refractivity contribution >= 4 is 9.84 Å². The average Bonchev–Trinajstić information content (AvgIpc) is 2.47. The third kappa shape index (κ3) is 3.34. The second kappa shape index (κ2) is 6.00. The molecule has 2 unspecified atom stereocenters. The van der Waals surface area contributed by atoms with Gasteiger partial charge in [0.05, 0.1) is 10.1 Å². The zero-order chi connectivity index (χ0) is 15.6. The van der Waals surface area contributed by atoms with Crippen LogP contribution in [0.1, 0.15) is 29.7 Å². The molecule has 0 fully saturated rings. The van der Waals surface area contributed by atoms with Crippen LogP contribution in [0.5, 0.6) is 0 Å². The van der Waals surface area contributed by atoms with Crippen molar-refractivity contribution in [3.63, 3.8) is 0 Å². The molecule has 2 aromatic carbocycles. The Morgan fingerprint density at radius 3 is 1.76 bits per heavy atom. The van der Waals surface area contributed by atoms with E-state index in [0.717, 1.165) is 16.7 Å². The standard InChI is InChI=1S/C17H21NO2S/c1-12-4-8-15(9-5-12)17(18)14(3)21(19,20)16-10-6-13(2)7-11-16/h4-11,14,17H,18H2,1-3H3. The monoisotopic (exact) mass is 303 g/mol. The Labute approximate surface area is 126 Å². The molecule has 0 amide bonds. The van der Waals surface area contributed by atoms with Gasteiger partial charge in [0.2, 0.25) is 0 Å². The molecule has 0 heterocycles. The highest BCUT2D eigenvalue weighted by atomic mass is 32.2. The van der Waals surface area contributed by atoms with Gasteiger partial charge in [-0.1, -0.05) is 47.5 Å². The number of nitrogens with two attached hydrogens (primary N) is 1. The molecule has 3 nitrogen and oxygen atoms in total. The van der Waals surface area contributed by atoms with E-state index in [2.05, 4.69) is 0 Å². The van der Waals surface area contributed by atoms with Gasteiger partial charge in [0.25, 0.3) is 0 Å². The lowest BCUT2D eigenvalue weighted by Crippen LogP contribution is -2.31. The Morgan fingerprint density at radius 1 is 0.857 bits per heavy atom. The van der Waals surface area contributed by atoms with Gasteiger partial charge < -0.3 is 5.73 Å². The number of hydrogen-bond acceptors (Lipinski definition) is 3. The molecule has 2 atom stereocenters. The predicted molar refractivity (Wildman–Crippen MR) is 85.9 cm³/mol. The van der Waals surface area contributed by atoms with Crippen molar-refractivity contribution in [3.05, 3.63) is 65.2 Å². The van der Waals surface area contributed by atoms with Crippen molar-refractivity contribution < 1.29 is 8.42 Å². The summed E-state index contributed by atoms with van der Waals surface area (Å²) in [6.45, 7) is 5.58. The van der Waals surface area contributed by atoms with Gasteiger partial charge in [0.1, 0.15) is 0 Å². The Kier molecular flexibility index (Phi) is 4.49. The Balaban J connectivity index is 2.31. The molecule has 2 aromatic rings. The SMILES string of the molecule is Cc1ccc(C(N)C(C)S(=O)(=O)c2ccc(C)cc2)cc1. The molecule has 2 rings (SSSR count). The van der Waals surface area contributed by atoms with E-state index >= 15 is 0 Å². The second-order valence-electron chi connectivity index (χ2n) is 5.50. The molecule has 0 aliphatic heterocycles. The lowest BCUT2D eigenvalue weighted by Gasteiger charge is -2.21. The van der Waals surface area contributed by atoms with Gasteiger partial charge in [-0.15, -0.1) is 0 Å². The fourth-order valence-corrected chi connectivity index (χ4v) is 3.68. The average molecular weight is 303 g/mol. The molecule has 0 aromatic heterocycles. The fraction of sp³-hybridized carbons (Fsp3) is 0.294. The maximum Gasteiger partial charge on any atom is 0.182 e. The summed E-state index contributed by atoms with van der Waals surface area (Å²) < 4.78 is 25.3. The third-order valence-corrected chi connectivity index (χ3v) is 6.01. The van der Waals surface area contributed by atoms with Crippen molar-refractivity contribution in [2.45, 2.75) is 37.0 Å².